The van der Waals surface area contributed by atoms with Gasteiger partial charge in [-0.2, -0.15) is 11.8 Å². The summed E-state index contributed by atoms with van der Waals surface area (Å²) in [5, 5.41) is 3.24. The molecule has 0 saturated carbocycles. The third-order valence-electron chi connectivity index (χ3n) is 2.60. The molecule has 4 nitrogen and oxygen atoms in total. The van der Waals surface area contributed by atoms with Gasteiger partial charge in [0.05, 0.1) is 4.90 Å². The van der Waals surface area contributed by atoms with Gasteiger partial charge in [-0.25, -0.2) is 13.1 Å². The fraction of sp³-hybridized carbons (Fsp3) is 0.500. The molecule has 0 aromatic heterocycles. The number of sulfonamides is 1. The molecule has 6 heteroatoms. The van der Waals surface area contributed by atoms with Crippen LogP contribution in [0.1, 0.15) is 12.0 Å². The van der Waals surface area contributed by atoms with Gasteiger partial charge >= 0.3 is 0 Å². The molecular formula is C12H20N2O2S2. The van der Waals surface area contributed by atoms with Crippen LogP contribution in [0.15, 0.2) is 23.1 Å². The van der Waals surface area contributed by atoms with E-state index in [4.69, 9.17) is 0 Å². The third-order valence-corrected chi connectivity index (χ3v) is 4.85. The van der Waals surface area contributed by atoms with E-state index in [1.54, 1.807) is 24.8 Å². The van der Waals surface area contributed by atoms with Crippen molar-refractivity contribution in [3.63, 3.8) is 0 Å². The Bertz CT molecular complexity index is 487. The van der Waals surface area contributed by atoms with Gasteiger partial charge < -0.3 is 5.32 Å². The van der Waals surface area contributed by atoms with Crippen LogP contribution in [-0.4, -0.2) is 34.0 Å². The summed E-state index contributed by atoms with van der Waals surface area (Å²) in [4.78, 5) is 0.333. The summed E-state index contributed by atoms with van der Waals surface area (Å²) in [6.45, 7) is 2.64. The molecule has 0 aliphatic heterocycles. The van der Waals surface area contributed by atoms with Crippen molar-refractivity contribution in [2.75, 3.05) is 30.9 Å². The van der Waals surface area contributed by atoms with Crippen LogP contribution in [0.2, 0.25) is 0 Å². The van der Waals surface area contributed by atoms with E-state index in [1.807, 2.05) is 12.1 Å². The first kappa shape index (κ1) is 15.3. The zero-order valence-corrected chi connectivity index (χ0v) is 12.6. The lowest BCUT2D eigenvalue weighted by atomic mass is 10.2. The summed E-state index contributed by atoms with van der Waals surface area (Å²) >= 11 is 1.80. The van der Waals surface area contributed by atoms with Gasteiger partial charge in [0.15, 0.2) is 0 Å². The average molecular weight is 288 g/mol. The summed E-state index contributed by atoms with van der Waals surface area (Å²) in [5.74, 6) is 1.10. The molecule has 1 aromatic carbocycles. The van der Waals surface area contributed by atoms with E-state index in [9.17, 15) is 8.42 Å². The second-order valence-electron chi connectivity index (χ2n) is 3.96. The molecule has 0 spiro atoms. The van der Waals surface area contributed by atoms with Crippen molar-refractivity contribution in [1.29, 1.82) is 0 Å². The first-order valence-electron chi connectivity index (χ1n) is 5.78. The van der Waals surface area contributed by atoms with E-state index in [1.165, 1.54) is 7.05 Å². The summed E-state index contributed by atoms with van der Waals surface area (Å²) in [6.07, 6.45) is 3.13. The first-order chi connectivity index (χ1) is 8.51. The van der Waals surface area contributed by atoms with E-state index in [2.05, 4.69) is 16.3 Å². The van der Waals surface area contributed by atoms with Crippen LogP contribution in [0.4, 0.5) is 5.69 Å². The van der Waals surface area contributed by atoms with E-state index in [0.29, 0.717) is 4.90 Å². The van der Waals surface area contributed by atoms with E-state index in [0.717, 1.165) is 30.0 Å². The lowest BCUT2D eigenvalue weighted by molar-refractivity contribution is 0.587. The summed E-state index contributed by atoms with van der Waals surface area (Å²) < 4.78 is 26.0. The smallest absolute Gasteiger partial charge is 0.240 e. The zero-order chi connectivity index (χ0) is 13.6. The van der Waals surface area contributed by atoms with Gasteiger partial charge in [-0.1, -0.05) is 6.07 Å². The van der Waals surface area contributed by atoms with E-state index >= 15 is 0 Å². The largest absolute Gasteiger partial charge is 0.385 e. The predicted octanol–water partition coefficient (Wildman–Crippen LogP) is 2.07. The highest BCUT2D eigenvalue weighted by molar-refractivity contribution is 7.98. The monoisotopic (exact) mass is 288 g/mol. The van der Waals surface area contributed by atoms with Crippen molar-refractivity contribution in [2.24, 2.45) is 0 Å². The molecule has 0 radical (unpaired) electrons. The molecule has 1 aromatic rings. The van der Waals surface area contributed by atoms with Crippen molar-refractivity contribution >= 4 is 27.5 Å². The molecule has 2 N–H and O–H groups in total. The second kappa shape index (κ2) is 7.01. The Hall–Kier alpha value is -0.720. The van der Waals surface area contributed by atoms with Crippen LogP contribution in [-0.2, 0) is 10.0 Å². The number of aryl methyl sites for hydroxylation is 1. The van der Waals surface area contributed by atoms with E-state index < -0.39 is 10.0 Å². The molecule has 0 aliphatic carbocycles. The molecule has 0 atom stereocenters. The Balaban J connectivity index is 2.82. The second-order valence-corrected chi connectivity index (χ2v) is 6.80. The molecular weight excluding hydrogens is 268 g/mol. The molecule has 1 rings (SSSR count). The maximum absolute atomic E-state index is 11.8. The zero-order valence-electron chi connectivity index (χ0n) is 11.0. The van der Waals surface area contributed by atoms with Gasteiger partial charge in [-0.05, 0) is 50.1 Å². The summed E-state index contributed by atoms with van der Waals surface area (Å²) in [5.41, 5.74) is 1.59. The summed E-state index contributed by atoms with van der Waals surface area (Å²) in [6, 6.07) is 5.41. The first-order valence-corrected chi connectivity index (χ1v) is 8.66. The maximum Gasteiger partial charge on any atom is 0.240 e. The SMILES string of the molecule is CNS(=O)(=O)c1cc(NCCCSC)ccc1C. The predicted molar refractivity (Wildman–Crippen MR) is 78.9 cm³/mol. The van der Waals surface area contributed by atoms with Crippen LogP contribution in [0.5, 0.6) is 0 Å². The highest BCUT2D eigenvalue weighted by atomic mass is 32.2. The van der Waals surface area contributed by atoms with Crippen molar-refractivity contribution < 1.29 is 8.42 Å². The minimum atomic E-state index is -3.38. The van der Waals surface area contributed by atoms with Crippen LogP contribution in [0.3, 0.4) is 0 Å². The Morgan fingerprint density at radius 2 is 2.06 bits per heavy atom. The number of anilines is 1. The van der Waals surface area contributed by atoms with Crippen LogP contribution >= 0.6 is 11.8 Å². The standard InChI is InChI=1S/C12H20N2O2S2/c1-10-5-6-11(14-7-4-8-17-3)9-12(10)18(15,16)13-2/h5-6,9,13-14H,4,7-8H2,1-3H3. The molecule has 18 heavy (non-hydrogen) atoms. The number of thioether (sulfide) groups is 1. The van der Waals surface area contributed by atoms with Gasteiger partial charge in [-0.15, -0.1) is 0 Å². The number of nitrogens with one attached hydrogen (secondary N) is 2. The molecule has 0 aliphatic rings. The highest BCUT2D eigenvalue weighted by Crippen LogP contribution is 2.19. The third kappa shape index (κ3) is 4.19. The normalized spacial score (nSPS) is 11.5. The molecule has 0 fully saturated rings. The van der Waals surface area contributed by atoms with Gasteiger partial charge in [-0.3, -0.25) is 0 Å². The average Bonchev–Trinajstić information content (AvgIpc) is 2.36. The molecule has 0 amide bonds. The topological polar surface area (TPSA) is 58.2 Å². The number of hydrogen-bond acceptors (Lipinski definition) is 4. The molecule has 0 bridgehead atoms. The van der Waals surface area contributed by atoms with Crippen molar-refractivity contribution in [3.8, 4) is 0 Å². The molecule has 0 saturated heterocycles. The van der Waals surface area contributed by atoms with Crippen LogP contribution < -0.4 is 10.0 Å². The molecule has 0 heterocycles. The van der Waals surface area contributed by atoms with Crippen molar-refractivity contribution in [1.82, 2.24) is 4.72 Å². The van der Waals surface area contributed by atoms with Crippen LogP contribution in [0.25, 0.3) is 0 Å². The highest BCUT2D eigenvalue weighted by Gasteiger charge is 2.14. The van der Waals surface area contributed by atoms with Gasteiger partial charge in [0.2, 0.25) is 10.0 Å². The maximum atomic E-state index is 11.8. The molecule has 0 unspecified atom stereocenters. The number of hydrogen-bond donors (Lipinski definition) is 2. The van der Waals surface area contributed by atoms with E-state index in [-0.39, 0.29) is 0 Å². The van der Waals surface area contributed by atoms with Gasteiger partial charge in [0, 0.05) is 12.2 Å². The van der Waals surface area contributed by atoms with Crippen LogP contribution in [0, 0.1) is 6.92 Å². The molecule has 102 valence electrons. The minimum absolute atomic E-state index is 0.333. The van der Waals surface area contributed by atoms with Gasteiger partial charge in [0.25, 0.3) is 0 Å². The number of rotatable bonds is 7. The fourth-order valence-electron chi connectivity index (χ4n) is 1.56. The fourth-order valence-corrected chi connectivity index (χ4v) is 2.99. The Labute approximate surface area is 114 Å². The lowest BCUT2D eigenvalue weighted by Crippen LogP contribution is -2.19. The Morgan fingerprint density at radius 3 is 2.67 bits per heavy atom. The van der Waals surface area contributed by atoms with Crippen molar-refractivity contribution in [3.05, 3.63) is 23.8 Å². The Kier molecular flexibility index (Phi) is 5.98. The Morgan fingerprint density at radius 1 is 1.33 bits per heavy atom. The van der Waals surface area contributed by atoms with Crippen molar-refractivity contribution in [2.45, 2.75) is 18.2 Å². The van der Waals surface area contributed by atoms with Gasteiger partial charge in [0.1, 0.15) is 0 Å². The quantitative estimate of drug-likeness (QED) is 0.754. The summed E-state index contributed by atoms with van der Waals surface area (Å²) in [7, 11) is -1.96. The lowest BCUT2D eigenvalue weighted by Gasteiger charge is -2.10. The minimum Gasteiger partial charge on any atom is -0.385 e. The number of benzene rings is 1.